The fourth-order valence-corrected chi connectivity index (χ4v) is 5.06. The quantitative estimate of drug-likeness (QED) is 0.501. The van der Waals surface area contributed by atoms with E-state index < -0.39 is 23.6 Å². The van der Waals surface area contributed by atoms with Crippen LogP contribution in [0.2, 0.25) is 0 Å². The molecule has 1 fully saturated rings. The Kier molecular flexibility index (Phi) is 8.89. The first kappa shape index (κ1) is 27.8. The fourth-order valence-electron chi connectivity index (χ4n) is 4.25. The molecule has 0 aliphatic carbocycles. The Morgan fingerprint density at radius 3 is 2.44 bits per heavy atom. The molecule has 3 rings (SSSR count). The normalized spacial score (nSPS) is 19.6. The van der Waals surface area contributed by atoms with Crippen molar-refractivity contribution in [2.45, 2.75) is 79.1 Å². The number of thiazole rings is 1. The average molecular weight is 515 g/mol. The Balaban J connectivity index is 1.68. The van der Waals surface area contributed by atoms with Crippen LogP contribution >= 0.6 is 11.3 Å². The van der Waals surface area contributed by atoms with Crippen LogP contribution in [-0.2, 0) is 20.9 Å². The molecule has 1 saturated heterocycles. The van der Waals surface area contributed by atoms with Crippen molar-refractivity contribution < 1.29 is 19.5 Å². The molecule has 36 heavy (non-hydrogen) atoms. The molecule has 9 heteroatoms. The number of hydrogen-bond acceptors (Lipinski definition) is 6. The van der Waals surface area contributed by atoms with Crippen LogP contribution in [0.5, 0.6) is 0 Å². The van der Waals surface area contributed by atoms with Gasteiger partial charge in [0, 0.05) is 25.4 Å². The number of aliphatic hydroxyl groups is 1. The molecule has 196 valence electrons. The highest BCUT2D eigenvalue weighted by atomic mass is 32.1. The summed E-state index contributed by atoms with van der Waals surface area (Å²) in [7, 11) is 0. The van der Waals surface area contributed by atoms with Gasteiger partial charge in [0.1, 0.15) is 12.1 Å². The molecular weight excluding hydrogens is 476 g/mol. The predicted molar refractivity (Wildman–Crippen MR) is 141 cm³/mol. The highest BCUT2D eigenvalue weighted by molar-refractivity contribution is 7.13. The Hall–Kier alpha value is -2.78. The number of nitrogens with one attached hydrogen (secondary N) is 2. The van der Waals surface area contributed by atoms with Crippen molar-refractivity contribution in [2.24, 2.45) is 11.3 Å². The van der Waals surface area contributed by atoms with Crippen molar-refractivity contribution in [3.63, 3.8) is 0 Å². The molecule has 0 saturated carbocycles. The van der Waals surface area contributed by atoms with Gasteiger partial charge in [-0.2, -0.15) is 0 Å². The maximum Gasteiger partial charge on any atom is 0.246 e. The van der Waals surface area contributed by atoms with E-state index in [0.29, 0.717) is 13.0 Å². The lowest BCUT2D eigenvalue weighted by Gasteiger charge is -2.35. The van der Waals surface area contributed by atoms with Gasteiger partial charge in [-0.25, -0.2) is 4.98 Å². The Morgan fingerprint density at radius 1 is 1.22 bits per heavy atom. The lowest BCUT2D eigenvalue weighted by molar-refractivity contribution is -0.144. The zero-order valence-corrected chi connectivity index (χ0v) is 22.8. The molecule has 1 aromatic heterocycles. The molecular formula is C27H38N4O4S. The van der Waals surface area contributed by atoms with E-state index in [2.05, 4.69) is 15.6 Å². The monoisotopic (exact) mass is 514 g/mol. The van der Waals surface area contributed by atoms with E-state index >= 15 is 0 Å². The molecule has 3 N–H and O–H groups in total. The van der Waals surface area contributed by atoms with E-state index in [9.17, 15) is 19.5 Å². The van der Waals surface area contributed by atoms with Crippen molar-refractivity contribution >= 4 is 29.1 Å². The number of benzene rings is 1. The first-order valence-electron chi connectivity index (χ1n) is 12.5. The molecule has 0 bridgehead atoms. The van der Waals surface area contributed by atoms with Gasteiger partial charge < -0.3 is 20.6 Å². The largest absolute Gasteiger partial charge is 0.391 e. The van der Waals surface area contributed by atoms with Gasteiger partial charge in [-0.3, -0.25) is 14.4 Å². The molecule has 1 aliphatic heterocycles. The topological polar surface area (TPSA) is 112 Å². The van der Waals surface area contributed by atoms with Gasteiger partial charge in [0.05, 0.1) is 22.2 Å². The SMILES string of the molecule is CCC(C)C(=O)N[C@H](C(=O)N1C[C@H](O)C[C@H]1C(=O)NCc1ccc(-c2scnc2C)cc1)C(C)(C)C. The second-order valence-corrected chi connectivity index (χ2v) is 11.5. The zero-order chi connectivity index (χ0) is 26.6. The highest BCUT2D eigenvalue weighted by Gasteiger charge is 2.44. The van der Waals surface area contributed by atoms with Crippen LogP contribution in [0.15, 0.2) is 29.8 Å². The molecule has 3 amide bonds. The molecule has 4 atom stereocenters. The van der Waals surface area contributed by atoms with Crippen molar-refractivity contribution in [3.8, 4) is 10.4 Å². The third-order valence-corrected chi connectivity index (χ3v) is 7.73. The summed E-state index contributed by atoms with van der Waals surface area (Å²) in [4.78, 5) is 46.1. The summed E-state index contributed by atoms with van der Waals surface area (Å²) < 4.78 is 0. The minimum absolute atomic E-state index is 0.0611. The number of carbonyl (C=O) groups is 3. The fraction of sp³-hybridized carbons (Fsp3) is 0.556. The molecule has 1 aliphatic rings. The maximum atomic E-state index is 13.6. The van der Waals surface area contributed by atoms with Crippen LogP contribution in [0.1, 0.15) is 58.7 Å². The van der Waals surface area contributed by atoms with E-state index in [1.54, 1.807) is 11.3 Å². The van der Waals surface area contributed by atoms with Crippen LogP contribution in [0, 0.1) is 18.3 Å². The first-order chi connectivity index (χ1) is 16.9. The number of likely N-dealkylation sites (tertiary alicyclic amines) is 1. The molecule has 0 radical (unpaired) electrons. The van der Waals surface area contributed by atoms with Crippen molar-refractivity contribution in [3.05, 3.63) is 41.0 Å². The smallest absolute Gasteiger partial charge is 0.246 e. The zero-order valence-electron chi connectivity index (χ0n) is 22.0. The van der Waals surface area contributed by atoms with Gasteiger partial charge in [-0.15, -0.1) is 11.3 Å². The van der Waals surface area contributed by atoms with E-state index in [1.807, 2.05) is 71.3 Å². The van der Waals surface area contributed by atoms with E-state index in [-0.39, 0.29) is 36.6 Å². The third-order valence-electron chi connectivity index (χ3n) is 6.75. The average Bonchev–Trinajstić information content (AvgIpc) is 3.44. The van der Waals surface area contributed by atoms with Crippen LogP contribution in [0.3, 0.4) is 0 Å². The van der Waals surface area contributed by atoms with Crippen molar-refractivity contribution in [1.29, 1.82) is 0 Å². The number of β-amino-alcohol motifs (C(OH)–C–C–N with tert-alkyl or cyclic N) is 1. The standard InChI is InChI=1S/C27H38N4O4S/c1-7-16(2)24(33)30-23(27(4,5)6)26(35)31-14-20(32)12-21(31)25(34)28-13-18-8-10-19(11-9-18)22-17(3)29-15-36-22/h8-11,15-16,20-21,23,32H,7,12-14H2,1-6H3,(H,28,34)(H,30,33)/t16?,20-,21+,23-/m1/s1. The lowest BCUT2D eigenvalue weighted by Crippen LogP contribution is -2.58. The Bertz CT molecular complexity index is 1080. The van der Waals surface area contributed by atoms with E-state index in [0.717, 1.165) is 21.7 Å². The number of hydrogen-bond donors (Lipinski definition) is 3. The second-order valence-electron chi connectivity index (χ2n) is 10.7. The minimum Gasteiger partial charge on any atom is -0.391 e. The molecule has 1 unspecified atom stereocenters. The second kappa shape index (κ2) is 11.5. The summed E-state index contributed by atoms with van der Waals surface area (Å²) in [5, 5.41) is 16.1. The number of carbonyl (C=O) groups excluding carboxylic acids is 3. The molecule has 8 nitrogen and oxygen atoms in total. The van der Waals surface area contributed by atoms with Gasteiger partial charge in [-0.1, -0.05) is 58.9 Å². The van der Waals surface area contributed by atoms with Crippen LogP contribution < -0.4 is 10.6 Å². The Morgan fingerprint density at radius 2 is 1.89 bits per heavy atom. The molecule has 0 spiro atoms. The summed E-state index contributed by atoms with van der Waals surface area (Å²) >= 11 is 1.59. The van der Waals surface area contributed by atoms with Crippen LogP contribution in [0.4, 0.5) is 0 Å². The highest BCUT2D eigenvalue weighted by Crippen LogP contribution is 2.28. The summed E-state index contributed by atoms with van der Waals surface area (Å²) in [6.07, 6.45) is 0.0319. The minimum atomic E-state index is -0.803. The summed E-state index contributed by atoms with van der Waals surface area (Å²) in [6, 6.07) is 6.33. The van der Waals surface area contributed by atoms with Gasteiger partial charge >= 0.3 is 0 Å². The van der Waals surface area contributed by atoms with Crippen LogP contribution in [0.25, 0.3) is 10.4 Å². The van der Waals surface area contributed by atoms with Crippen LogP contribution in [-0.4, -0.2) is 57.4 Å². The summed E-state index contributed by atoms with van der Waals surface area (Å²) in [5.41, 5.74) is 4.25. The lowest BCUT2D eigenvalue weighted by atomic mass is 9.85. The third kappa shape index (κ3) is 6.50. The van der Waals surface area contributed by atoms with Crippen molar-refractivity contribution in [1.82, 2.24) is 20.5 Å². The predicted octanol–water partition coefficient (Wildman–Crippen LogP) is 3.27. The molecule has 2 heterocycles. The molecule has 2 aromatic rings. The number of aromatic nitrogens is 1. The molecule has 1 aromatic carbocycles. The number of amides is 3. The number of rotatable bonds is 8. The van der Waals surface area contributed by atoms with Gasteiger partial charge in [0.2, 0.25) is 17.7 Å². The Labute approximate surface area is 217 Å². The number of aryl methyl sites for hydroxylation is 1. The van der Waals surface area contributed by atoms with E-state index in [4.69, 9.17) is 0 Å². The summed E-state index contributed by atoms with van der Waals surface area (Å²) in [6.45, 7) is 11.7. The number of aliphatic hydroxyl groups excluding tert-OH is 1. The van der Waals surface area contributed by atoms with Gasteiger partial charge in [0.25, 0.3) is 0 Å². The van der Waals surface area contributed by atoms with Gasteiger partial charge in [0.15, 0.2) is 0 Å². The summed E-state index contributed by atoms with van der Waals surface area (Å²) in [5.74, 6) is -1.08. The number of nitrogens with zero attached hydrogens (tertiary/aromatic N) is 2. The van der Waals surface area contributed by atoms with E-state index in [1.165, 1.54) is 4.90 Å². The van der Waals surface area contributed by atoms with Gasteiger partial charge in [-0.05, 0) is 29.9 Å². The van der Waals surface area contributed by atoms with Crippen molar-refractivity contribution in [2.75, 3.05) is 6.54 Å². The first-order valence-corrected chi connectivity index (χ1v) is 13.4. The maximum absolute atomic E-state index is 13.6.